The van der Waals surface area contributed by atoms with Crippen LogP contribution in [0.15, 0.2) is 18.2 Å². The molecule has 15 heavy (non-hydrogen) atoms. The summed E-state index contributed by atoms with van der Waals surface area (Å²) in [5.41, 5.74) is 8.53. The Morgan fingerprint density at radius 2 is 1.87 bits per heavy atom. The molecule has 0 aliphatic heterocycles. The van der Waals surface area contributed by atoms with E-state index in [4.69, 9.17) is 10.5 Å². The minimum atomic E-state index is 0.0343. The van der Waals surface area contributed by atoms with Gasteiger partial charge in [0.1, 0.15) is 5.75 Å². The first-order valence-corrected chi connectivity index (χ1v) is 5.26. The van der Waals surface area contributed by atoms with Crippen LogP contribution in [0.25, 0.3) is 0 Å². The summed E-state index contributed by atoms with van der Waals surface area (Å²) in [5.74, 6) is 0.909. The van der Waals surface area contributed by atoms with Crippen LogP contribution in [0.2, 0.25) is 0 Å². The molecule has 0 saturated heterocycles. The van der Waals surface area contributed by atoms with Crippen LogP contribution in [0.3, 0.4) is 0 Å². The van der Waals surface area contributed by atoms with Crippen LogP contribution in [-0.2, 0) is 0 Å². The highest BCUT2D eigenvalue weighted by Gasteiger charge is 2.22. The summed E-state index contributed by atoms with van der Waals surface area (Å²) in [6.07, 6.45) is 0. The first-order valence-electron chi connectivity index (χ1n) is 5.26. The van der Waals surface area contributed by atoms with Gasteiger partial charge in [-0.05, 0) is 29.5 Å². The summed E-state index contributed by atoms with van der Waals surface area (Å²) >= 11 is 0. The third kappa shape index (κ3) is 2.72. The SMILES string of the molecule is COc1cc([C@@H](N)C(C)(C)C)ccc1C. The Hall–Kier alpha value is -1.02. The van der Waals surface area contributed by atoms with Gasteiger partial charge in [0.25, 0.3) is 0 Å². The van der Waals surface area contributed by atoms with E-state index in [2.05, 4.69) is 32.9 Å². The lowest BCUT2D eigenvalue weighted by Gasteiger charge is -2.27. The zero-order chi connectivity index (χ0) is 11.6. The molecular weight excluding hydrogens is 186 g/mol. The summed E-state index contributed by atoms with van der Waals surface area (Å²) in [6.45, 7) is 8.46. The summed E-state index contributed by atoms with van der Waals surface area (Å²) in [5, 5.41) is 0. The Morgan fingerprint density at radius 1 is 1.27 bits per heavy atom. The maximum absolute atomic E-state index is 6.19. The lowest BCUT2D eigenvalue weighted by atomic mass is 9.83. The number of hydrogen-bond donors (Lipinski definition) is 1. The van der Waals surface area contributed by atoms with Crippen molar-refractivity contribution in [3.8, 4) is 5.75 Å². The largest absolute Gasteiger partial charge is 0.496 e. The highest BCUT2D eigenvalue weighted by molar-refractivity contribution is 5.38. The third-order valence-electron chi connectivity index (χ3n) is 2.72. The zero-order valence-electron chi connectivity index (χ0n) is 10.3. The molecule has 2 nitrogen and oxygen atoms in total. The van der Waals surface area contributed by atoms with Crippen molar-refractivity contribution in [3.63, 3.8) is 0 Å². The molecule has 1 atom stereocenters. The van der Waals surface area contributed by atoms with Crippen molar-refractivity contribution >= 4 is 0 Å². The highest BCUT2D eigenvalue weighted by atomic mass is 16.5. The van der Waals surface area contributed by atoms with Crippen molar-refractivity contribution in [2.75, 3.05) is 7.11 Å². The molecule has 0 aliphatic rings. The highest BCUT2D eigenvalue weighted by Crippen LogP contribution is 2.32. The molecule has 1 aromatic carbocycles. The fourth-order valence-corrected chi connectivity index (χ4v) is 1.53. The molecule has 0 radical (unpaired) electrons. The lowest BCUT2D eigenvalue weighted by Crippen LogP contribution is -2.26. The Labute approximate surface area is 92.4 Å². The summed E-state index contributed by atoms with van der Waals surface area (Å²) in [4.78, 5) is 0. The van der Waals surface area contributed by atoms with Gasteiger partial charge in [-0.15, -0.1) is 0 Å². The molecule has 0 heterocycles. The maximum atomic E-state index is 6.19. The van der Waals surface area contributed by atoms with Gasteiger partial charge in [0.2, 0.25) is 0 Å². The van der Waals surface area contributed by atoms with E-state index < -0.39 is 0 Å². The molecule has 1 aromatic rings. The smallest absolute Gasteiger partial charge is 0.122 e. The van der Waals surface area contributed by atoms with E-state index in [0.29, 0.717) is 0 Å². The number of methoxy groups -OCH3 is 1. The standard InChI is InChI=1S/C13H21NO/c1-9-6-7-10(8-11(9)15-5)12(14)13(2,3)4/h6-8,12H,14H2,1-5H3/t12-/m1/s1. The van der Waals surface area contributed by atoms with E-state index >= 15 is 0 Å². The van der Waals surface area contributed by atoms with Gasteiger partial charge >= 0.3 is 0 Å². The zero-order valence-corrected chi connectivity index (χ0v) is 10.3. The minimum Gasteiger partial charge on any atom is -0.496 e. The number of aryl methyl sites for hydroxylation is 1. The van der Waals surface area contributed by atoms with Crippen LogP contribution in [0.4, 0.5) is 0 Å². The minimum absolute atomic E-state index is 0.0343. The van der Waals surface area contributed by atoms with Crippen molar-refractivity contribution < 1.29 is 4.74 Å². The normalized spacial score (nSPS) is 13.7. The summed E-state index contributed by atoms with van der Waals surface area (Å²) in [6, 6.07) is 6.20. The van der Waals surface area contributed by atoms with E-state index in [1.807, 2.05) is 13.0 Å². The van der Waals surface area contributed by atoms with Gasteiger partial charge in [0.05, 0.1) is 7.11 Å². The molecule has 2 N–H and O–H groups in total. The molecule has 0 aliphatic carbocycles. The monoisotopic (exact) mass is 207 g/mol. The fraction of sp³-hybridized carbons (Fsp3) is 0.538. The molecule has 84 valence electrons. The van der Waals surface area contributed by atoms with Crippen LogP contribution in [0.1, 0.15) is 37.9 Å². The van der Waals surface area contributed by atoms with Gasteiger partial charge < -0.3 is 10.5 Å². The van der Waals surface area contributed by atoms with Crippen molar-refractivity contribution in [1.82, 2.24) is 0 Å². The van der Waals surface area contributed by atoms with Crippen LogP contribution in [0.5, 0.6) is 5.75 Å². The van der Waals surface area contributed by atoms with Crippen LogP contribution < -0.4 is 10.5 Å². The second-order valence-corrected chi connectivity index (χ2v) is 5.07. The van der Waals surface area contributed by atoms with Gasteiger partial charge in [0.15, 0.2) is 0 Å². The predicted octanol–water partition coefficient (Wildman–Crippen LogP) is 3.05. The van der Waals surface area contributed by atoms with E-state index in [-0.39, 0.29) is 11.5 Å². The third-order valence-corrected chi connectivity index (χ3v) is 2.72. The van der Waals surface area contributed by atoms with Crippen LogP contribution in [-0.4, -0.2) is 7.11 Å². The molecule has 0 amide bonds. The average Bonchev–Trinajstić information content (AvgIpc) is 2.16. The number of nitrogens with two attached hydrogens (primary N) is 1. The van der Waals surface area contributed by atoms with E-state index in [1.54, 1.807) is 7.11 Å². The van der Waals surface area contributed by atoms with Crippen molar-refractivity contribution in [1.29, 1.82) is 0 Å². The van der Waals surface area contributed by atoms with E-state index in [0.717, 1.165) is 16.9 Å². The second-order valence-electron chi connectivity index (χ2n) is 5.07. The number of ether oxygens (including phenoxy) is 1. The number of benzene rings is 1. The van der Waals surface area contributed by atoms with Crippen molar-refractivity contribution in [2.45, 2.75) is 33.7 Å². The molecule has 0 fully saturated rings. The first-order chi connectivity index (χ1) is 6.86. The Bertz CT molecular complexity index is 339. The molecule has 1 rings (SSSR count). The van der Waals surface area contributed by atoms with Gasteiger partial charge in [-0.3, -0.25) is 0 Å². The summed E-state index contributed by atoms with van der Waals surface area (Å²) < 4.78 is 5.29. The maximum Gasteiger partial charge on any atom is 0.122 e. The van der Waals surface area contributed by atoms with Crippen LogP contribution in [0, 0.1) is 12.3 Å². The van der Waals surface area contributed by atoms with E-state index in [1.165, 1.54) is 0 Å². The van der Waals surface area contributed by atoms with E-state index in [9.17, 15) is 0 Å². The quantitative estimate of drug-likeness (QED) is 0.809. The Morgan fingerprint density at radius 3 is 2.33 bits per heavy atom. The van der Waals surface area contributed by atoms with Gasteiger partial charge in [-0.25, -0.2) is 0 Å². The summed E-state index contributed by atoms with van der Waals surface area (Å²) in [7, 11) is 1.69. The fourth-order valence-electron chi connectivity index (χ4n) is 1.53. The van der Waals surface area contributed by atoms with Crippen molar-refractivity contribution in [2.24, 2.45) is 11.1 Å². The molecule has 0 unspecified atom stereocenters. The van der Waals surface area contributed by atoms with Gasteiger partial charge in [-0.2, -0.15) is 0 Å². The molecule has 0 aromatic heterocycles. The number of rotatable bonds is 2. The topological polar surface area (TPSA) is 35.2 Å². The molecule has 0 saturated carbocycles. The lowest BCUT2D eigenvalue weighted by molar-refractivity contribution is 0.325. The Kier molecular flexibility index (Phi) is 3.40. The molecule has 2 heteroatoms. The second kappa shape index (κ2) is 4.23. The van der Waals surface area contributed by atoms with Crippen molar-refractivity contribution in [3.05, 3.63) is 29.3 Å². The molecule has 0 spiro atoms. The predicted molar refractivity (Wildman–Crippen MR) is 64.1 cm³/mol. The molecule has 0 bridgehead atoms. The number of hydrogen-bond acceptors (Lipinski definition) is 2. The Balaban J connectivity index is 3.06. The van der Waals surface area contributed by atoms with Gasteiger partial charge in [0, 0.05) is 6.04 Å². The molecular formula is C13H21NO. The van der Waals surface area contributed by atoms with Gasteiger partial charge in [-0.1, -0.05) is 32.9 Å². The van der Waals surface area contributed by atoms with Crippen LogP contribution >= 0.6 is 0 Å². The average molecular weight is 207 g/mol. The first kappa shape index (κ1) is 12.1.